The predicted octanol–water partition coefficient (Wildman–Crippen LogP) is 3.95. The Morgan fingerprint density at radius 2 is 1.96 bits per heavy atom. The first-order chi connectivity index (χ1) is 12.3. The average Bonchev–Trinajstić information content (AvgIpc) is 3.30. The third kappa shape index (κ3) is 2.71. The molecule has 4 aromatic rings. The molecular weight excluding hydrogens is 332 g/mol. The second-order valence-corrected chi connectivity index (χ2v) is 6.34. The van der Waals surface area contributed by atoms with E-state index >= 15 is 0 Å². The van der Waals surface area contributed by atoms with Crippen LogP contribution < -0.4 is 0 Å². The highest BCUT2D eigenvalue weighted by molar-refractivity contribution is 7.10. The van der Waals surface area contributed by atoms with E-state index in [1.165, 1.54) is 17.5 Å². The maximum absolute atomic E-state index is 12.9. The Hall–Kier alpha value is -3.30. The van der Waals surface area contributed by atoms with E-state index < -0.39 is 5.92 Å². The fourth-order valence-corrected chi connectivity index (χ4v) is 3.54. The van der Waals surface area contributed by atoms with E-state index in [4.69, 9.17) is 0 Å². The number of fused-ring (bicyclic) bond motifs is 1. The van der Waals surface area contributed by atoms with Gasteiger partial charge in [0.15, 0.2) is 11.7 Å². The summed E-state index contributed by atoms with van der Waals surface area (Å²) in [6, 6.07) is 17.3. The van der Waals surface area contributed by atoms with Gasteiger partial charge in [-0.25, -0.2) is 9.50 Å². The van der Waals surface area contributed by atoms with E-state index in [1.54, 1.807) is 10.7 Å². The highest BCUT2D eigenvalue weighted by Crippen LogP contribution is 2.29. The van der Waals surface area contributed by atoms with Crippen LogP contribution >= 0.6 is 11.3 Å². The van der Waals surface area contributed by atoms with Crippen LogP contribution in [0.25, 0.3) is 16.8 Å². The molecule has 0 radical (unpaired) electrons. The lowest BCUT2D eigenvalue weighted by molar-refractivity contribution is 0.0980. The zero-order valence-electron chi connectivity index (χ0n) is 13.0. The van der Waals surface area contributed by atoms with Crippen LogP contribution in [0.2, 0.25) is 0 Å². The van der Waals surface area contributed by atoms with E-state index in [0.29, 0.717) is 16.1 Å². The van der Waals surface area contributed by atoms with Gasteiger partial charge in [-0.2, -0.15) is 10.4 Å². The monoisotopic (exact) mass is 344 g/mol. The Bertz CT molecular complexity index is 1090. The Kier molecular flexibility index (Phi) is 3.84. The van der Waals surface area contributed by atoms with Gasteiger partial charge in [-0.3, -0.25) is 4.79 Å². The van der Waals surface area contributed by atoms with Gasteiger partial charge in [-0.1, -0.05) is 36.4 Å². The molecule has 25 heavy (non-hydrogen) atoms. The first-order valence-electron chi connectivity index (χ1n) is 7.65. The summed E-state index contributed by atoms with van der Waals surface area (Å²) in [4.78, 5) is 17.4. The normalized spacial score (nSPS) is 12.0. The highest BCUT2D eigenvalue weighted by Gasteiger charge is 2.27. The zero-order chi connectivity index (χ0) is 17.2. The largest absolute Gasteiger partial charge is 0.292 e. The van der Waals surface area contributed by atoms with Crippen molar-refractivity contribution in [3.8, 4) is 17.3 Å². The van der Waals surface area contributed by atoms with Crippen molar-refractivity contribution in [1.82, 2.24) is 14.6 Å². The van der Waals surface area contributed by atoms with Crippen molar-refractivity contribution in [2.24, 2.45) is 0 Å². The standard InChI is InChI=1S/C19H12N4OS/c20-10-14(18(24)15-11-21-23-9-5-4-8-17(15)23)19-22-16(12-25-19)13-6-2-1-3-7-13/h1-9,11-12,14H. The summed E-state index contributed by atoms with van der Waals surface area (Å²) in [5.41, 5.74) is 2.86. The van der Waals surface area contributed by atoms with Crippen molar-refractivity contribution in [3.63, 3.8) is 0 Å². The van der Waals surface area contributed by atoms with E-state index in [-0.39, 0.29) is 5.78 Å². The Morgan fingerprint density at radius 3 is 2.76 bits per heavy atom. The van der Waals surface area contributed by atoms with Crippen LogP contribution in [0, 0.1) is 11.3 Å². The molecule has 0 saturated carbocycles. The van der Waals surface area contributed by atoms with E-state index in [0.717, 1.165) is 11.3 Å². The molecule has 1 aromatic carbocycles. The van der Waals surface area contributed by atoms with Crippen LogP contribution in [-0.2, 0) is 0 Å². The molecule has 0 amide bonds. The summed E-state index contributed by atoms with van der Waals surface area (Å²) in [6.45, 7) is 0. The van der Waals surface area contributed by atoms with Crippen molar-refractivity contribution >= 4 is 22.6 Å². The van der Waals surface area contributed by atoms with Crippen molar-refractivity contribution in [2.75, 3.05) is 0 Å². The van der Waals surface area contributed by atoms with Crippen molar-refractivity contribution in [1.29, 1.82) is 5.26 Å². The van der Waals surface area contributed by atoms with Crippen LogP contribution in [0.3, 0.4) is 0 Å². The number of carbonyl (C=O) groups excluding carboxylic acids is 1. The topological polar surface area (TPSA) is 71.0 Å². The number of nitrogens with zero attached hydrogens (tertiary/aromatic N) is 4. The number of rotatable bonds is 4. The number of ketones is 1. The van der Waals surface area contributed by atoms with Gasteiger partial charge in [0.25, 0.3) is 0 Å². The Labute approximate surface area is 147 Å². The smallest absolute Gasteiger partial charge is 0.190 e. The highest BCUT2D eigenvalue weighted by atomic mass is 32.1. The SMILES string of the molecule is N#CC(C(=O)c1cnn2ccccc12)c1nc(-c2ccccc2)cs1. The second kappa shape index (κ2) is 6.30. The van der Waals surface area contributed by atoms with Gasteiger partial charge in [-0.05, 0) is 12.1 Å². The van der Waals surface area contributed by atoms with Crippen molar-refractivity contribution in [2.45, 2.75) is 5.92 Å². The molecule has 5 nitrogen and oxygen atoms in total. The molecule has 1 unspecified atom stereocenters. The van der Waals surface area contributed by atoms with Crippen LogP contribution in [0.4, 0.5) is 0 Å². The zero-order valence-corrected chi connectivity index (χ0v) is 13.9. The number of Topliss-reactive ketones (excluding diaryl/α,β-unsaturated/α-hetero) is 1. The Balaban J connectivity index is 1.70. The fourth-order valence-electron chi connectivity index (χ4n) is 2.67. The number of benzene rings is 1. The van der Waals surface area contributed by atoms with Crippen LogP contribution in [0.5, 0.6) is 0 Å². The average molecular weight is 344 g/mol. The summed E-state index contributed by atoms with van der Waals surface area (Å²) >= 11 is 1.33. The molecule has 0 spiro atoms. The molecule has 0 bridgehead atoms. The number of nitriles is 1. The van der Waals surface area contributed by atoms with Gasteiger partial charge in [0.2, 0.25) is 0 Å². The van der Waals surface area contributed by atoms with Crippen LogP contribution in [0.1, 0.15) is 21.3 Å². The minimum atomic E-state index is -0.935. The van der Waals surface area contributed by atoms with Gasteiger partial charge in [0, 0.05) is 17.1 Å². The molecule has 3 heterocycles. The minimum Gasteiger partial charge on any atom is -0.292 e. The summed E-state index contributed by atoms with van der Waals surface area (Å²) in [7, 11) is 0. The van der Waals surface area contributed by atoms with Gasteiger partial charge >= 0.3 is 0 Å². The number of hydrogen-bond acceptors (Lipinski definition) is 5. The lowest BCUT2D eigenvalue weighted by Gasteiger charge is -2.04. The molecule has 0 fully saturated rings. The van der Waals surface area contributed by atoms with Crippen LogP contribution in [0.15, 0.2) is 66.3 Å². The minimum absolute atomic E-state index is 0.280. The third-order valence-electron chi connectivity index (χ3n) is 3.92. The summed E-state index contributed by atoms with van der Waals surface area (Å²) in [5.74, 6) is -1.21. The molecular formula is C19H12N4OS. The Morgan fingerprint density at radius 1 is 1.16 bits per heavy atom. The lowest BCUT2D eigenvalue weighted by Crippen LogP contribution is -2.11. The number of aromatic nitrogens is 3. The summed E-state index contributed by atoms with van der Waals surface area (Å²) in [5, 5.41) is 16.1. The first-order valence-corrected chi connectivity index (χ1v) is 8.53. The number of hydrogen-bond donors (Lipinski definition) is 0. The molecule has 120 valence electrons. The lowest BCUT2D eigenvalue weighted by atomic mass is 10.0. The predicted molar refractivity (Wildman–Crippen MR) is 95.4 cm³/mol. The molecule has 0 saturated heterocycles. The van der Waals surface area contributed by atoms with Gasteiger partial charge < -0.3 is 0 Å². The third-order valence-corrected chi connectivity index (χ3v) is 4.83. The number of thiazole rings is 1. The van der Waals surface area contributed by atoms with Gasteiger partial charge in [-0.15, -0.1) is 11.3 Å². The molecule has 0 N–H and O–H groups in total. The van der Waals surface area contributed by atoms with Crippen LogP contribution in [-0.4, -0.2) is 20.4 Å². The molecule has 0 aliphatic carbocycles. The molecule has 0 aliphatic rings. The quantitative estimate of drug-likeness (QED) is 0.526. The summed E-state index contributed by atoms with van der Waals surface area (Å²) in [6.07, 6.45) is 3.28. The second-order valence-electron chi connectivity index (χ2n) is 5.45. The fraction of sp³-hybridized carbons (Fsp3) is 0.0526. The first kappa shape index (κ1) is 15.2. The van der Waals surface area contributed by atoms with E-state index in [9.17, 15) is 10.1 Å². The molecule has 3 aromatic heterocycles. The van der Waals surface area contributed by atoms with Gasteiger partial charge in [0.05, 0.1) is 29.0 Å². The van der Waals surface area contributed by atoms with E-state index in [1.807, 2.05) is 53.9 Å². The number of carbonyl (C=O) groups is 1. The molecule has 1 atom stereocenters. The maximum atomic E-state index is 12.9. The maximum Gasteiger partial charge on any atom is 0.190 e. The van der Waals surface area contributed by atoms with Crippen molar-refractivity contribution < 1.29 is 4.79 Å². The number of pyridine rings is 1. The van der Waals surface area contributed by atoms with Gasteiger partial charge in [0.1, 0.15) is 5.01 Å². The van der Waals surface area contributed by atoms with E-state index in [2.05, 4.69) is 16.2 Å². The summed E-state index contributed by atoms with van der Waals surface area (Å²) < 4.78 is 1.62. The molecule has 6 heteroatoms. The molecule has 0 aliphatic heterocycles. The van der Waals surface area contributed by atoms with Crippen molar-refractivity contribution in [3.05, 3.63) is 76.9 Å². The molecule has 4 rings (SSSR count).